The van der Waals surface area contributed by atoms with Gasteiger partial charge < -0.3 is 25.2 Å². The molecule has 1 saturated heterocycles. The van der Waals surface area contributed by atoms with Crippen LogP contribution in [-0.2, 0) is 4.79 Å². The van der Waals surface area contributed by atoms with Crippen LogP contribution in [0.1, 0.15) is 12.8 Å². The van der Waals surface area contributed by atoms with E-state index < -0.39 is 12.0 Å². The van der Waals surface area contributed by atoms with E-state index in [1.165, 1.54) is 0 Å². The van der Waals surface area contributed by atoms with Crippen molar-refractivity contribution in [3.63, 3.8) is 0 Å². The van der Waals surface area contributed by atoms with Crippen LogP contribution in [0.4, 0.5) is 5.69 Å². The standard InChI is InChI=1S/C15H20N2O4/c16-12(15(18)19)7-10-3-4-17(9-10)11-1-2-13-14(8-11)21-6-5-20-13/h1-2,8,10,12H,3-7,9,16H2,(H,18,19). The minimum Gasteiger partial charge on any atom is -0.486 e. The summed E-state index contributed by atoms with van der Waals surface area (Å²) in [4.78, 5) is 13.1. The number of aliphatic carboxylic acids is 1. The molecule has 1 fully saturated rings. The summed E-state index contributed by atoms with van der Waals surface area (Å²) in [5.74, 6) is 0.968. The normalized spacial score (nSPS) is 22.1. The van der Waals surface area contributed by atoms with Crippen molar-refractivity contribution in [1.29, 1.82) is 0 Å². The van der Waals surface area contributed by atoms with E-state index in [4.69, 9.17) is 20.3 Å². The maximum atomic E-state index is 10.8. The molecule has 3 rings (SSSR count). The summed E-state index contributed by atoms with van der Waals surface area (Å²) in [5.41, 5.74) is 6.71. The zero-order chi connectivity index (χ0) is 14.8. The van der Waals surface area contributed by atoms with Gasteiger partial charge in [-0.15, -0.1) is 0 Å². The van der Waals surface area contributed by atoms with Crippen molar-refractivity contribution in [2.45, 2.75) is 18.9 Å². The SMILES string of the molecule is NC(CC1CCN(c2ccc3c(c2)OCCO3)C1)C(=O)O. The van der Waals surface area contributed by atoms with Gasteiger partial charge in [0, 0.05) is 24.8 Å². The lowest BCUT2D eigenvalue weighted by Crippen LogP contribution is -2.33. The number of hydrogen-bond donors (Lipinski definition) is 2. The number of fused-ring (bicyclic) bond motifs is 1. The molecule has 0 amide bonds. The summed E-state index contributed by atoms with van der Waals surface area (Å²) in [6.45, 7) is 2.91. The highest BCUT2D eigenvalue weighted by atomic mass is 16.6. The van der Waals surface area contributed by atoms with Gasteiger partial charge in [0.1, 0.15) is 19.3 Å². The third-order valence-corrected chi connectivity index (χ3v) is 4.08. The average Bonchev–Trinajstić information content (AvgIpc) is 2.95. The smallest absolute Gasteiger partial charge is 0.320 e. The fraction of sp³-hybridized carbons (Fsp3) is 0.533. The van der Waals surface area contributed by atoms with E-state index in [1.807, 2.05) is 18.2 Å². The zero-order valence-electron chi connectivity index (χ0n) is 11.8. The van der Waals surface area contributed by atoms with E-state index in [9.17, 15) is 4.79 Å². The molecule has 2 aliphatic rings. The average molecular weight is 292 g/mol. The first-order chi connectivity index (χ1) is 10.1. The fourth-order valence-corrected chi connectivity index (χ4v) is 2.95. The molecular formula is C15H20N2O4. The molecule has 6 heteroatoms. The second-order valence-electron chi connectivity index (χ2n) is 5.61. The Kier molecular flexibility index (Phi) is 3.88. The van der Waals surface area contributed by atoms with Crippen LogP contribution in [0.5, 0.6) is 11.5 Å². The lowest BCUT2D eigenvalue weighted by molar-refractivity contribution is -0.138. The van der Waals surface area contributed by atoms with E-state index in [2.05, 4.69) is 4.90 Å². The lowest BCUT2D eigenvalue weighted by atomic mass is 10.00. The number of carboxylic acids is 1. The van der Waals surface area contributed by atoms with Crippen LogP contribution in [-0.4, -0.2) is 43.4 Å². The number of ether oxygens (including phenoxy) is 2. The van der Waals surface area contributed by atoms with Crippen LogP contribution in [0.15, 0.2) is 18.2 Å². The van der Waals surface area contributed by atoms with Crippen molar-refractivity contribution < 1.29 is 19.4 Å². The summed E-state index contributed by atoms with van der Waals surface area (Å²) < 4.78 is 11.1. The maximum absolute atomic E-state index is 10.8. The number of rotatable bonds is 4. The molecule has 0 saturated carbocycles. The van der Waals surface area contributed by atoms with Gasteiger partial charge in [-0.25, -0.2) is 0 Å². The van der Waals surface area contributed by atoms with Crippen LogP contribution >= 0.6 is 0 Å². The Morgan fingerprint density at radius 2 is 2.14 bits per heavy atom. The predicted molar refractivity (Wildman–Crippen MR) is 78.0 cm³/mol. The molecule has 114 valence electrons. The summed E-state index contributed by atoms with van der Waals surface area (Å²) in [5, 5.41) is 8.89. The van der Waals surface area contributed by atoms with Crippen LogP contribution in [0, 0.1) is 5.92 Å². The van der Waals surface area contributed by atoms with Crippen LogP contribution in [0.2, 0.25) is 0 Å². The first kappa shape index (κ1) is 14.0. The number of nitrogens with zero attached hydrogens (tertiary/aromatic N) is 1. The van der Waals surface area contributed by atoms with Gasteiger partial charge >= 0.3 is 5.97 Å². The van der Waals surface area contributed by atoms with Crippen molar-refractivity contribution in [3.8, 4) is 11.5 Å². The van der Waals surface area contributed by atoms with Crippen molar-refractivity contribution in [3.05, 3.63) is 18.2 Å². The predicted octanol–water partition coefficient (Wildman–Crippen LogP) is 1.09. The van der Waals surface area contributed by atoms with Gasteiger partial charge in [-0.2, -0.15) is 0 Å². The first-order valence-corrected chi connectivity index (χ1v) is 7.26. The molecule has 2 aliphatic heterocycles. The van der Waals surface area contributed by atoms with Crippen molar-refractivity contribution >= 4 is 11.7 Å². The molecule has 0 radical (unpaired) electrons. The lowest BCUT2D eigenvalue weighted by Gasteiger charge is -2.23. The highest BCUT2D eigenvalue weighted by Gasteiger charge is 2.27. The molecule has 0 bridgehead atoms. The summed E-state index contributed by atoms with van der Waals surface area (Å²) in [6.07, 6.45) is 1.49. The van der Waals surface area contributed by atoms with Crippen molar-refractivity contribution in [2.24, 2.45) is 11.7 Å². The van der Waals surface area contributed by atoms with Crippen molar-refractivity contribution in [2.75, 3.05) is 31.2 Å². The van der Waals surface area contributed by atoms with E-state index >= 15 is 0 Å². The minimum absolute atomic E-state index is 0.323. The Bertz CT molecular complexity index is 534. The van der Waals surface area contributed by atoms with Crippen LogP contribution < -0.4 is 20.1 Å². The van der Waals surface area contributed by atoms with E-state index in [-0.39, 0.29) is 0 Å². The van der Waals surface area contributed by atoms with Gasteiger partial charge in [0.25, 0.3) is 0 Å². The molecule has 0 aromatic heterocycles. The number of nitrogens with two attached hydrogens (primary N) is 1. The topological polar surface area (TPSA) is 85.0 Å². The van der Waals surface area contributed by atoms with E-state index in [1.54, 1.807) is 0 Å². The van der Waals surface area contributed by atoms with E-state index in [0.717, 1.165) is 36.7 Å². The highest BCUT2D eigenvalue weighted by molar-refractivity contribution is 5.73. The second kappa shape index (κ2) is 5.81. The van der Waals surface area contributed by atoms with Gasteiger partial charge in [0.05, 0.1) is 0 Å². The summed E-state index contributed by atoms with van der Waals surface area (Å²) >= 11 is 0. The van der Waals surface area contributed by atoms with Crippen LogP contribution in [0.3, 0.4) is 0 Å². The van der Waals surface area contributed by atoms with Crippen LogP contribution in [0.25, 0.3) is 0 Å². The molecule has 3 N–H and O–H groups in total. The van der Waals surface area contributed by atoms with Gasteiger partial charge in [0.2, 0.25) is 0 Å². The van der Waals surface area contributed by atoms with Gasteiger partial charge in [0.15, 0.2) is 11.5 Å². The zero-order valence-corrected chi connectivity index (χ0v) is 11.8. The molecule has 2 atom stereocenters. The molecule has 1 aromatic rings. The Hall–Kier alpha value is -1.95. The Morgan fingerprint density at radius 3 is 2.90 bits per heavy atom. The second-order valence-corrected chi connectivity index (χ2v) is 5.61. The molecule has 2 unspecified atom stereocenters. The van der Waals surface area contributed by atoms with Gasteiger partial charge in [-0.05, 0) is 30.9 Å². The van der Waals surface area contributed by atoms with Gasteiger partial charge in [-0.3, -0.25) is 4.79 Å². The fourth-order valence-electron chi connectivity index (χ4n) is 2.95. The first-order valence-electron chi connectivity index (χ1n) is 7.26. The Balaban J connectivity index is 1.64. The number of benzene rings is 1. The quantitative estimate of drug-likeness (QED) is 0.864. The Labute approximate surface area is 123 Å². The molecule has 0 spiro atoms. The minimum atomic E-state index is -0.923. The third-order valence-electron chi connectivity index (χ3n) is 4.08. The third kappa shape index (κ3) is 3.05. The largest absolute Gasteiger partial charge is 0.486 e. The number of anilines is 1. The van der Waals surface area contributed by atoms with E-state index in [0.29, 0.717) is 25.6 Å². The molecule has 1 aromatic carbocycles. The van der Waals surface area contributed by atoms with Crippen molar-refractivity contribution in [1.82, 2.24) is 0 Å². The maximum Gasteiger partial charge on any atom is 0.320 e. The number of hydrogen-bond acceptors (Lipinski definition) is 5. The Morgan fingerprint density at radius 1 is 1.38 bits per heavy atom. The summed E-state index contributed by atoms with van der Waals surface area (Å²) in [6, 6.07) is 5.18. The van der Waals surface area contributed by atoms with Gasteiger partial charge in [-0.1, -0.05) is 0 Å². The molecule has 21 heavy (non-hydrogen) atoms. The molecule has 0 aliphatic carbocycles. The molecular weight excluding hydrogens is 272 g/mol. The number of carbonyl (C=O) groups is 1. The number of carboxylic acid groups (broad SMARTS) is 1. The summed E-state index contributed by atoms with van der Waals surface area (Å²) in [7, 11) is 0. The highest BCUT2D eigenvalue weighted by Crippen LogP contribution is 2.36. The molecule has 6 nitrogen and oxygen atoms in total. The molecule has 2 heterocycles. The monoisotopic (exact) mass is 292 g/mol.